The Kier molecular flexibility index (Phi) is 8.62. The predicted molar refractivity (Wildman–Crippen MR) is 137 cm³/mol. The quantitative estimate of drug-likeness (QED) is 0.0736. The minimum absolute atomic E-state index is 0.00559. The highest BCUT2D eigenvalue weighted by molar-refractivity contribution is 7.86. The first-order valence-electron chi connectivity index (χ1n) is 11.3. The van der Waals surface area contributed by atoms with Crippen LogP contribution in [0.3, 0.4) is 0 Å². The van der Waals surface area contributed by atoms with E-state index in [0.717, 1.165) is 14.8 Å². The molecule has 3 aromatic carbocycles. The van der Waals surface area contributed by atoms with Crippen LogP contribution < -0.4 is 5.43 Å². The molecule has 0 radical (unpaired) electrons. The molecule has 0 bridgehead atoms. The third-order valence-corrected chi connectivity index (χ3v) is 9.32. The molecule has 1 unspecified atom stereocenters. The van der Waals surface area contributed by atoms with Gasteiger partial charge in [-0.2, -0.15) is 39.5 Å². The molecule has 0 aliphatic heterocycles. The Labute approximate surface area is 233 Å². The molecule has 4 rings (SSSR count). The monoisotopic (exact) mass is 644 g/mol. The third-order valence-electron chi connectivity index (χ3n) is 5.95. The van der Waals surface area contributed by atoms with Gasteiger partial charge in [-0.15, -0.1) is 0 Å². The van der Waals surface area contributed by atoms with Crippen molar-refractivity contribution in [1.29, 1.82) is 0 Å². The highest BCUT2D eigenvalue weighted by Crippen LogP contribution is 2.54. The van der Waals surface area contributed by atoms with Crippen LogP contribution >= 0.6 is 10.5 Å². The van der Waals surface area contributed by atoms with E-state index < -0.39 is 33.4 Å². The normalized spacial score (nSPS) is 13.6. The largest absolute Gasteiger partial charge is 0.743 e. The Morgan fingerprint density at radius 1 is 0.762 bits per heavy atom. The van der Waals surface area contributed by atoms with E-state index in [2.05, 4.69) is 19.1 Å². The number of benzene rings is 3. The van der Waals surface area contributed by atoms with Crippen molar-refractivity contribution >= 4 is 46.5 Å². The number of fused-ring (bicyclic) bond motifs is 2. The number of ketones is 1. The molecule has 1 aromatic heterocycles. The summed E-state index contributed by atoms with van der Waals surface area (Å²) in [7, 11) is -7.76. The summed E-state index contributed by atoms with van der Waals surface area (Å²) in [4.78, 5) is 26.0. The van der Waals surface area contributed by atoms with Crippen LogP contribution in [0.4, 0.5) is 39.5 Å². The maximum Gasteiger partial charge on any atom is 0.460 e. The Balaban J connectivity index is 0.000000252. The molecule has 226 valence electrons. The van der Waals surface area contributed by atoms with Gasteiger partial charge in [0.25, 0.3) is 0 Å². The third kappa shape index (κ3) is 5.49. The van der Waals surface area contributed by atoms with Gasteiger partial charge in [-0.3, -0.25) is 9.59 Å². The van der Waals surface area contributed by atoms with Crippen molar-refractivity contribution in [3.63, 3.8) is 0 Å². The van der Waals surface area contributed by atoms with Crippen molar-refractivity contribution in [2.75, 3.05) is 0 Å². The van der Waals surface area contributed by atoms with Crippen molar-refractivity contribution in [3.05, 3.63) is 88.1 Å². The number of carbonyl (C=O) groups is 1. The Hall–Kier alpha value is -3.50. The first-order chi connectivity index (χ1) is 19.1. The van der Waals surface area contributed by atoms with Gasteiger partial charge < -0.3 is 4.55 Å². The maximum atomic E-state index is 13.0. The van der Waals surface area contributed by atoms with Crippen molar-refractivity contribution in [2.24, 2.45) is 0 Å². The van der Waals surface area contributed by atoms with Crippen molar-refractivity contribution < 1.29 is 57.3 Å². The SMILES string of the molecule is CC(=O)c1ccc2c(c1)c(=O)c1ccccc1[s+]2-c1ccccc1C.O=S(=O)([O-])C(F)(F)C(F)(F)C(F)(F)C(F)(F)F. The minimum atomic E-state index is -7.43. The van der Waals surface area contributed by atoms with E-state index in [-0.39, 0.29) is 21.7 Å². The van der Waals surface area contributed by atoms with Crippen LogP contribution in [-0.4, -0.2) is 42.0 Å². The Bertz CT molecular complexity index is 1850. The summed E-state index contributed by atoms with van der Waals surface area (Å²) in [5, 5.41) is -5.72. The lowest BCUT2D eigenvalue weighted by atomic mass is 10.1. The second-order valence-electron chi connectivity index (χ2n) is 8.78. The number of aryl methyl sites for hydroxylation is 1. The molecule has 42 heavy (non-hydrogen) atoms. The number of hydrogen-bond donors (Lipinski definition) is 0. The summed E-state index contributed by atoms with van der Waals surface area (Å²) in [5.41, 5.74) is 1.79. The highest BCUT2D eigenvalue weighted by Gasteiger charge is 2.83. The van der Waals surface area contributed by atoms with E-state index in [1.165, 1.54) is 17.4 Å². The van der Waals surface area contributed by atoms with E-state index in [0.29, 0.717) is 10.9 Å². The number of halogens is 9. The van der Waals surface area contributed by atoms with Gasteiger partial charge in [-0.1, -0.05) is 30.3 Å². The first-order valence-corrected chi connectivity index (χ1v) is 14.0. The first kappa shape index (κ1) is 33.0. The van der Waals surface area contributed by atoms with Gasteiger partial charge in [-0.25, -0.2) is 8.42 Å². The van der Waals surface area contributed by atoms with E-state index in [9.17, 15) is 62.1 Å². The molecule has 0 aliphatic rings. The number of carbonyl (C=O) groups excluding carboxylic acids is 1. The van der Waals surface area contributed by atoms with Crippen LogP contribution in [0.5, 0.6) is 0 Å². The summed E-state index contributed by atoms with van der Waals surface area (Å²) in [5.74, 6) is -14.8. The van der Waals surface area contributed by atoms with Crippen LogP contribution in [0, 0.1) is 6.92 Å². The fraction of sp³-hybridized carbons (Fsp3) is 0.231. The summed E-state index contributed by atoms with van der Waals surface area (Å²) >= 11 is 0. The second-order valence-corrected chi connectivity index (χ2v) is 12.1. The van der Waals surface area contributed by atoms with Gasteiger partial charge in [0, 0.05) is 21.6 Å². The van der Waals surface area contributed by atoms with Gasteiger partial charge in [0.1, 0.15) is 0 Å². The lowest BCUT2D eigenvalue weighted by Gasteiger charge is -2.34. The van der Waals surface area contributed by atoms with Crippen LogP contribution in [0.25, 0.3) is 25.1 Å². The molecule has 0 N–H and O–H groups in total. The van der Waals surface area contributed by atoms with Gasteiger partial charge in [0.05, 0.1) is 10.8 Å². The molecule has 1 atom stereocenters. The van der Waals surface area contributed by atoms with Crippen molar-refractivity contribution in [3.8, 4) is 4.90 Å². The molecule has 0 aliphatic carbocycles. The Morgan fingerprint density at radius 2 is 1.29 bits per heavy atom. The van der Waals surface area contributed by atoms with E-state index >= 15 is 0 Å². The van der Waals surface area contributed by atoms with Crippen LogP contribution in [0.1, 0.15) is 22.8 Å². The lowest BCUT2D eigenvalue weighted by molar-refractivity contribution is -0.382. The molecular weight excluding hydrogens is 627 g/mol. The lowest BCUT2D eigenvalue weighted by Crippen LogP contribution is -2.63. The average molecular weight is 645 g/mol. The molecule has 0 amide bonds. The zero-order valence-electron chi connectivity index (χ0n) is 21.1. The Morgan fingerprint density at radius 3 is 1.81 bits per heavy atom. The summed E-state index contributed by atoms with van der Waals surface area (Å²) in [6.45, 7) is 3.63. The smallest absolute Gasteiger partial charge is 0.460 e. The van der Waals surface area contributed by atoms with E-state index in [1.54, 1.807) is 6.07 Å². The molecule has 4 aromatic rings. The summed E-state index contributed by atoms with van der Waals surface area (Å²) in [6, 6.07) is 21.7. The molecule has 0 fully saturated rings. The maximum absolute atomic E-state index is 13.0. The molecule has 0 spiro atoms. The number of rotatable bonds is 5. The van der Waals surface area contributed by atoms with Crippen LogP contribution in [0.2, 0.25) is 0 Å². The molecular formula is C26H17F9O5S2. The number of alkyl halides is 9. The van der Waals surface area contributed by atoms with Crippen LogP contribution in [-0.2, 0) is 10.1 Å². The van der Waals surface area contributed by atoms with Crippen molar-refractivity contribution in [2.45, 2.75) is 37.1 Å². The topological polar surface area (TPSA) is 91.3 Å². The van der Waals surface area contributed by atoms with Crippen LogP contribution in [0.15, 0.2) is 71.5 Å². The molecule has 0 saturated carbocycles. The molecule has 1 heterocycles. The predicted octanol–water partition coefficient (Wildman–Crippen LogP) is 7.56. The van der Waals surface area contributed by atoms with E-state index in [1.807, 2.05) is 48.5 Å². The average Bonchev–Trinajstić information content (AvgIpc) is 2.88. The summed E-state index contributed by atoms with van der Waals surface area (Å²) in [6.07, 6.45) is -7.16. The molecule has 5 nitrogen and oxygen atoms in total. The zero-order valence-corrected chi connectivity index (χ0v) is 22.7. The second kappa shape index (κ2) is 11.0. The fourth-order valence-corrected chi connectivity index (χ4v) is 6.67. The highest BCUT2D eigenvalue weighted by atomic mass is 32.2. The molecule has 16 heteroatoms. The zero-order chi connectivity index (χ0) is 32.1. The number of Topliss-reactive ketones (excluding diaryl/α,β-unsaturated/α-hetero) is 1. The fourth-order valence-electron chi connectivity index (χ4n) is 3.74. The van der Waals surface area contributed by atoms with Gasteiger partial charge >= 0.3 is 23.3 Å². The van der Waals surface area contributed by atoms with Gasteiger partial charge in [0.2, 0.25) is 5.43 Å². The standard InChI is InChI=1S/C22H17O2S.C4HF9O3S/c1-14-7-3-5-9-19(14)25-20-10-6-4-8-17(20)22(24)18-13-16(15(2)23)11-12-21(18)25;5-1(6,3(9,10)11)2(7,8)4(12,13)17(14,15)16/h3-13H,1-2H3;(H,14,15,16)/q+1;/p-1. The van der Waals surface area contributed by atoms with Gasteiger partial charge in [-0.05, 0) is 50.2 Å². The van der Waals surface area contributed by atoms with Gasteiger partial charge in [0.15, 0.2) is 30.2 Å². The minimum Gasteiger partial charge on any atom is -0.743 e. The molecule has 0 saturated heterocycles. The van der Waals surface area contributed by atoms with Crippen molar-refractivity contribution in [1.82, 2.24) is 0 Å². The number of hydrogen-bond acceptors (Lipinski definition) is 5. The van der Waals surface area contributed by atoms with E-state index in [4.69, 9.17) is 0 Å². The summed E-state index contributed by atoms with van der Waals surface area (Å²) < 4.78 is 137.